The Bertz CT molecular complexity index is 2220. The van der Waals surface area contributed by atoms with E-state index in [9.17, 15) is 0 Å². The molecule has 2 atom stereocenters. The predicted molar refractivity (Wildman–Crippen MR) is 215 cm³/mol. The van der Waals surface area contributed by atoms with Gasteiger partial charge in [-0.2, -0.15) is 0 Å². The van der Waals surface area contributed by atoms with Crippen molar-refractivity contribution in [3.05, 3.63) is 177 Å². The molecule has 0 radical (unpaired) electrons. The van der Waals surface area contributed by atoms with Crippen molar-refractivity contribution in [3.8, 4) is 0 Å². The molecule has 1 aromatic heterocycles. The summed E-state index contributed by atoms with van der Waals surface area (Å²) in [6, 6.07) is 9.19. The van der Waals surface area contributed by atoms with E-state index in [-0.39, 0.29) is 0 Å². The SMILES string of the molecule is CC1=CCCc2c1c1c(n2C2=CCC(C3=CC=CCC3)C=C2)CCC(C2=CC=C3C(C2)c2ccccc2N3C2=CCCC(C3=CC=CCC3)=C2)=C1. The van der Waals surface area contributed by atoms with E-state index in [0.717, 1.165) is 64.2 Å². The number of hydrogen-bond donors (Lipinski definition) is 0. The van der Waals surface area contributed by atoms with Gasteiger partial charge < -0.3 is 9.47 Å². The van der Waals surface area contributed by atoms with Gasteiger partial charge in [0, 0.05) is 57.1 Å². The fourth-order valence-corrected chi connectivity index (χ4v) is 10.2. The number of para-hydroxylation sites is 1. The van der Waals surface area contributed by atoms with Crippen molar-refractivity contribution in [3.63, 3.8) is 0 Å². The molecule has 0 N–H and O–H groups in total. The van der Waals surface area contributed by atoms with E-state index in [1.165, 1.54) is 91.6 Å². The summed E-state index contributed by atoms with van der Waals surface area (Å²) in [7, 11) is 0. The quantitative estimate of drug-likeness (QED) is 0.309. The first-order chi connectivity index (χ1) is 25.2. The minimum Gasteiger partial charge on any atom is -0.317 e. The van der Waals surface area contributed by atoms with E-state index in [1.54, 1.807) is 5.57 Å². The molecule has 1 aliphatic heterocycles. The molecular weight excluding hydrogens is 617 g/mol. The minimum atomic E-state index is 0.389. The zero-order valence-electron chi connectivity index (χ0n) is 30.0. The maximum absolute atomic E-state index is 2.67. The third-order valence-electron chi connectivity index (χ3n) is 12.7. The Hall–Kier alpha value is -4.82. The van der Waals surface area contributed by atoms with Gasteiger partial charge in [-0.1, -0.05) is 90.6 Å². The molecule has 2 nitrogen and oxygen atoms in total. The van der Waals surface area contributed by atoms with Gasteiger partial charge in [0.2, 0.25) is 0 Å². The normalized spacial score (nSPS) is 24.8. The van der Waals surface area contributed by atoms with E-state index >= 15 is 0 Å². The van der Waals surface area contributed by atoms with Crippen LogP contribution >= 0.6 is 0 Å². The Balaban J connectivity index is 0.992. The molecule has 0 saturated carbocycles. The number of hydrogen-bond acceptors (Lipinski definition) is 1. The lowest BCUT2D eigenvalue weighted by molar-refractivity contribution is 0.705. The second-order valence-corrected chi connectivity index (χ2v) is 15.6. The largest absolute Gasteiger partial charge is 0.317 e. The Labute approximate surface area is 304 Å². The summed E-state index contributed by atoms with van der Waals surface area (Å²) in [5, 5.41) is 0. The van der Waals surface area contributed by atoms with Crippen LogP contribution in [-0.2, 0) is 12.8 Å². The van der Waals surface area contributed by atoms with Crippen LogP contribution in [0, 0.1) is 5.92 Å². The zero-order chi connectivity index (χ0) is 33.9. The average molecular weight is 665 g/mol. The van der Waals surface area contributed by atoms with Crippen molar-refractivity contribution in [1.29, 1.82) is 0 Å². The van der Waals surface area contributed by atoms with Crippen LogP contribution in [0.25, 0.3) is 17.3 Å². The van der Waals surface area contributed by atoms with E-state index in [1.807, 2.05) is 0 Å². The van der Waals surface area contributed by atoms with Gasteiger partial charge >= 0.3 is 0 Å². The molecule has 0 saturated heterocycles. The highest BCUT2D eigenvalue weighted by Gasteiger charge is 2.38. The van der Waals surface area contributed by atoms with E-state index in [2.05, 4.69) is 132 Å². The summed E-state index contributed by atoms with van der Waals surface area (Å²) in [6.07, 6.45) is 49.8. The van der Waals surface area contributed by atoms with Crippen LogP contribution < -0.4 is 4.90 Å². The lowest BCUT2D eigenvalue weighted by atomic mass is 9.80. The molecule has 0 bridgehead atoms. The van der Waals surface area contributed by atoms with Crippen LogP contribution in [0.1, 0.15) is 105 Å². The van der Waals surface area contributed by atoms with Crippen molar-refractivity contribution in [2.45, 2.75) is 89.9 Å². The van der Waals surface area contributed by atoms with E-state index < -0.39 is 0 Å². The molecule has 2 heterocycles. The molecule has 2 heteroatoms. The first kappa shape index (κ1) is 31.0. The Morgan fingerprint density at radius 2 is 1.51 bits per heavy atom. The van der Waals surface area contributed by atoms with Crippen LogP contribution in [0.4, 0.5) is 5.69 Å². The van der Waals surface area contributed by atoms with Crippen LogP contribution in [0.5, 0.6) is 0 Å². The van der Waals surface area contributed by atoms with Gasteiger partial charge in [0.15, 0.2) is 0 Å². The molecule has 2 aromatic rings. The molecule has 51 heavy (non-hydrogen) atoms. The van der Waals surface area contributed by atoms with Crippen LogP contribution in [0.2, 0.25) is 0 Å². The molecule has 10 rings (SSSR count). The summed E-state index contributed by atoms with van der Waals surface area (Å²) < 4.78 is 2.67. The number of allylic oxidation sites excluding steroid dienone is 22. The molecule has 7 aliphatic carbocycles. The lowest BCUT2D eigenvalue weighted by Gasteiger charge is -2.30. The number of anilines is 1. The minimum absolute atomic E-state index is 0.389. The summed E-state index contributed by atoms with van der Waals surface area (Å²) in [4.78, 5) is 2.58. The third kappa shape index (κ3) is 5.29. The van der Waals surface area contributed by atoms with Crippen LogP contribution in [-0.4, -0.2) is 4.57 Å². The molecule has 8 aliphatic rings. The van der Waals surface area contributed by atoms with Crippen LogP contribution in [0.3, 0.4) is 0 Å². The van der Waals surface area contributed by atoms with Gasteiger partial charge in [-0.05, 0) is 148 Å². The number of aromatic nitrogens is 1. The van der Waals surface area contributed by atoms with Crippen molar-refractivity contribution >= 4 is 23.0 Å². The first-order valence-electron chi connectivity index (χ1n) is 19.7. The topological polar surface area (TPSA) is 8.17 Å². The summed E-state index contributed by atoms with van der Waals surface area (Å²) in [5.74, 6) is 0.932. The van der Waals surface area contributed by atoms with Crippen molar-refractivity contribution in [2.24, 2.45) is 5.92 Å². The predicted octanol–water partition coefficient (Wildman–Crippen LogP) is 12.6. The second kappa shape index (κ2) is 12.7. The number of benzene rings is 1. The Morgan fingerprint density at radius 3 is 2.35 bits per heavy atom. The summed E-state index contributed by atoms with van der Waals surface area (Å²) in [6.45, 7) is 2.34. The molecule has 1 aromatic carbocycles. The number of rotatable bonds is 5. The van der Waals surface area contributed by atoms with Crippen molar-refractivity contribution in [2.75, 3.05) is 4.90 Å². The molecule has 254 valence electrons. The highest BCUT2D eigenvalue weighted by molar-refractivity contribution is 5.84. The maximum Gasteiger partial charge on any atom is 0.0497 e. The van der Waals surface area contributed by atoms with Crippen molar-refractivity contribution in [1.82, 2.24) is 4.57 Å². The number of fused-ring (bicyclic) bond motifs is 6. The van der Waals surface area contributed by atoms with Gasteiger partial charge in [0.1, 0.15) is 0 Å². The Kier molecular flexibility index (Phi) is 7.74. The van der Waals surface area contributed by atoms with Gasteiger partial charge in [-0.15, -0.1) is 0 Å². The number of nitrogens with zero attached hydrogens (tertiary/aromatic N) is 2. The molecular formula is C49H48N2. The smallest absolute Gasteiger partial charge is 0.0497 e. The molecule has 0 amide bonds. The van der Waals surface area contributed by atoms with Gasteiger partial charge in [0.05, 0.1) is 0 Å². The molecule has 2 unspecified atom stereocenters. The molecule has 0 spiro atoms. The van der Waals surface area contributed by atoms with Gasteiger partial charge in [-0.3, -0.25) is 0 Å². The highest BCUT2D eigenvalue weighted by atomic mass is 15.2. The first-order valence-corrected chi connectivity index (χ1v) is 19.7. The summed E-state index contributed by atoms with van der Waals surface area (Å²) >= 11 is 0. The fraction of sp³-hybridized carbons (Fsp3) is 0.306. The second-order valence-electron chi connectivity index (χ2n) is 15.6. The monoisotopic (exact) mass is 664 g/mol. The van der Waals surface area contributed by atoms with E-state index in [0.29, 0.717) is 11.8 Å². The molecule has 0 fully saturated rings. The van der Waals surface area contributed by atoms with E-state index in [4.69, 9.17) is 0 Å². The van der Waals surface area contributed by atoms with Crippen LogP contribution in [0.15, 0.2) is 149 Å². The van der Waals surface area contributed by atoms with Gasteiger partial charge in [-0.25, -0.2) is 0 Å². The fourth-order valence-electron chi connectivity index (χ4n) is 10.2. The zero-order valence-corrected chi connectivity index (χ0v) is 30.0. The standard InChI is InChI=1S/C49H48N2/c1-33-12-10-21-48-49(33)44-32-39(25-29-47(44)50(48)40-26-22-36(23-27-40)34-13-4-2-5-14-34)38-24-28-46-43(31-38)42-19-8-9-20-45(42)51(46)41-18-11-17-37(30-41)35-15-6-3-7-16-35/h2-4,6,8-9,12-13,15,18-20,22,24,26-28,30,32,36,43H,5,7,10-11,14,16-17,21,23,25,29,31H2,1H3. The summed E-state index contributed by atoms with van der Waals surface area (Å²) in [5.41, 5.74) is 22.2. The highest BCUT2D eigenvalue weighted by Crippen LogP contribution is 2.52. The maximum atomic E-state index is 2.67. The third-order valence-corrected chi connectivity index (χ3v) is 12.7. The average Bonchev–Trinajstić information content (AvgIpc) is 3.71. The Morgan fingerprint density at radius 1 is 0.667 bits per heavy atom. The lowest BCUT2D eigenvalue weighted by Crippen LogP contribution is -2.21. The van der Waals surface area contributed by atoms with Gasteiger partial charge in [0.25, 0.3) is 0 Å². The van der Waals surface area contributed by atoms with Crippen molar-refractivity contribution < 1.29 is 0 Å².